The number of ketones is 1. The van der Waals surface area contributed by atoms with Gasteiger partial charge in [0.25, 0.3) is 0 Å². The van der Waals surface area contributed by atoms with Crippen LogP contribution in [0.3, 0.4) is 0 Å². The highest BCUT2D eigenvalue weighted by Crippen LogP contribution is 2.26. The second kappa shape index (κ2) is 6.50. The number of carbonyl (C=O) groups excluding carboxylic acids is 2. The first-order chi connectivity index (χ1) is 9.15. The molecule has 1 N–H and O–H groups in total. The minimum Gasteiger partial charge on any atom is -0.326 e. The summed E-state index contributed by atoms with van der Waals surface area (Å²) in [7, 11) is 0. The molecule has 2 rings (SSSR count). The Morgan fingerprint density at radius 2 is 1.95 bits per heavy atom. The first kappa shape index (κ1) is 13.8. The van der Waals surface area contributed by atoms with Gasteiger partial charge in [-0.1, -0.05) is 31.4 Å². The van der Waals surface area contributed by atoms with Crippen LogP contribution < -0.4 is 5.32 Å². The molecule has 0 aliphatic heterocycles. The van der Waals surface area contributed by atoms with Gasteiger partial charge in [-0.2, -0.15) is 0 Å². The summed E-state index contributed by atoms with van der Waals surface area (Å²) < 4.78 is 0. The van der Waals surface area contributed by atoms with E-state index in [0.29, 0.717) is 23.6 Å². The number of Topliss-reactive ketones (excluding diaryl/α,β-unsaturated/α-hetero) is 1. The molecule has 0 heterocycles. The number of hydrogen-bond acceptors (Lipinski definition) is 2. The lowest BCUT2D eigenvalue weighted by molar-refractivity contribution is -0.117. The van der Waals surface area contributed by atoms with Gasteiger partial charge in [-0.3, -0.25) is 9.59 Å². The molecular formula is C16H21NO2. The Hall–Kier alpha value is -1.64. The van der Waals surface area contributed by atoms with Gasteiger partial charge in [0.1, 0.15) is 0 Å². The predicted molar refractivity (Wildman–Crippen MR) is 76.3 cm³/mol. The van der Waals surface area contributed by atoms with E-state index in [4.69, 9.17) is 0 Å². The highest BCUT2D eigenvalue weighted by atomic mass is 16.1. The van der Waals surface area contributed by atoms with Crippen molar-refractivity contribution in [3.63, 3.8) is 0 Å². The van der Waals surface area contributed by atoms with Gasteiger partial charge in [-0.25, -0.2) is 0 Å². The lowest BCUT2D eigenvalue weighted by atomic mass is 9.87. The zero-order valence-electron chi connectivity index (χ0n) is 11.4. The van der Waals surface area contributed by atoms with Gasteiger partial charge >= 0.3 is 0 Å². The SMILES string of the molecule is CC(=O)c1cccc(NC(=O)CC2CCCCC2)c1. The van der Waals surface area contributed by atoms with Crippen LogP contribution in [0.2, 0.25) is 0 Å². The molecule has 1 aromatic rings. The summed E-state index contributed by atoms with van der Waals surface area (Å²) in [4.78, 5) is 23.3. The molecule has 102 valence electrons. The lowest BCUT2D eigenvalue weighted by Gasteiger charge is -2.20. The molecule has 0 atom stereocenters. The fourth-order valence-corrected chi connectivity index (χ4v) is 2.68. The number of hydrogen-bond donors (Lipinski definition) is 1. The van der Waals surface area contributed by atoms with Crippen molar-refractivity contribution >= 4 is 17.4 Å². The third-order valence-electron chi connectivity index (χ3n) is 3.75. The summed E-state index contributed by atoms with van der Waals surface area (Å²) in [5.74, 6) is 0.612. The Kier molecular flexibility index (Phi) is 4.72. The Bertz CT molecular complexity index is 462. The van der Waals surface area contributed by atoms with Crippen LogP contribution in [-0.4, -0.2) is 11.7 Å². The summed E-state index contributed by atoms with van der Waals surface area (Å²) in [6.07, 6.45) is 6.74. The Morgan fingerprint density at radius 3 is 2.63 bits per heavy atom. The van der Waals surface area contributed by atoms with Crippen LogP contribution in [0.25, 0.3) is 0 Å². The summed E-state index contributed by atoms with van der Waals surface area (Å²) in [6, 6.07) is 7.12. The molecule has 0 unspecified atom stereocenters. The van der Waals surface area contributed by atoms with Crippen LogP contribution >= 0.6 is 0 Å². The smallest absolute Gasteiger partial charge is 0.224 e. The number of carbonyl (C=O) groups is 2. The highest BCUT2D eigenvalue weighted by molar-refractivity contribution is 5.97. The molecule has 0 spiro atoms. The summed E-state index contributed by atoms with van der Waals surface area (Å²) >= 11 is 0. The number of benzene rings is 1. The molecule has 1 aliphatic rings. The zero-order chi connectivity index (χ0) is 13.7. The molecule has 0 radical (unpaired) electrons. The topological polar surface area (TPSA) is 46.2 Å². The largest absolute Gasteiger partial charge is 0.326 e. The number of anilines is 1. The summed E-state index contributed by atoms with van der Waals surface area (Å²) in [5, 5.41) is 2.89. The molecular weight excluding hydrogens is 238 g/mol. The van der Waals surface area contributed by atoms with E-state index in [1.165, 1.54) is 39.0 Å². The molecule has 1 aliphatic carbocycles. The lowest BCUT2D eigenvalue weighted by Crippen LogP contribution is -2.18. The van der Waals surface area contributed by atoms with Crippen molar-refractivity contribution in [2.45, 2.75) is 45.4 Å². The minimum atomic E-state index is 0.0170. The van der Waals surface area contributed by atoms with Crippen LogP contribution in [0.1, 0.15) is 55.8 Å². The molecule has 1 aromatic carbocycles. The molecule has 0 saturated heterocycles. The van der Waals surface area contributed by atoms with Crippen molar-refractivity contribution in [2.24, 2.45) is 5.92 Å². The van der Waals surface area contributed by atoms with Gasteiger partial charge in [-0.05, 0) is 37.8 Å². The normalized spacial score (nSPS) is 16.1. The molecule has 1 fully saturated rings. The number of nitrogens with one attached hydrogen (secondary N) is 1. The summed E-state index contributed by atoms with van der Waals surface area (Å²) in [6.45, 7) is 1.53. The van der Waals surface area contributed by atoms with Gasteiger partial charge in [0.2, 0.25) is 5.91 Å². The van der Waals surface area contributed by atoms with Crippen molar-refractivity contribution < 1.29 is 9.59 Å². The van der Waals surface area contributed by atoms with Crippen LogP contribution in [0.4, 0.5) is 5.69 Å². The van der Waals surface area contributed by atoms with E-state index in [9.17, 15) is 9.59 Å². The first-order valence-electron chi connectivity index (χ1n) is 7.06. The Labute approximate surface area is 114 Å². The van der Waals surface area contributed by atoms with E-state index >= 15 is 0 Å². The zero-order valence-corrected chi connectivity index (χ0v) is 11.4. The van der Waals surface area contributed by atoms with Crippen molar-refractivity contribution in [2.75, 3.05) is 5.32 Å². The molecule has 19 heavy (non-hydrogen) atoms. The molecule has 1 saturated carbocycles. The van der Waals surface area contributed by atoms with Gasteiger partial charge < -0.3 is 5.32 Å². The fraction of sp³-hybridized carbons (Fsp3) is 0.500. The van der Waals surface area contributed by atoms with Crippen LogP contribution in [0, 0.1) is 5.92 Å². The van der Waals surface area contributed by atoms with E-state index in [-0.39, 0.29) is 11.7 Å². The van der Waals surface area contributed by atoms with Crippen molar-refractivity contribution in [1.29, 1.82) is 0 Å². The Morgan fingerprint density at radius 1 is 1.21 bits per heavy atom. The van der Waals surface area contributed by atoms with E-state index in [2.05, 4.69) is 5.32 Å². The monoisotopic (exact) mass is 259 g/mol. The maximum atomic E-state index is 12.0. The van der Waals surface area contributed by atoms with E-state index in [0.717, 1.165) is 0 Å². The Balaban J connectivity index is 1.90. The van der Waals surface area contributed by atoms with E-state index in [1.54, 1.807) is 18.2 Å². The van der Waals surface area contributed by atoms with Crippen molar-refractivity contribution in [1.82, 2.24) is 0 Å². The first-order valence-corrected chi connectivity index (χ1v) is 7.06. The van der Waals surface area contributed by atoms with Gasteiger partial charge in [-0.15, -0.1) is 0 Å². The van der Waals surface area contributed by atoms with Gasteiger partial charge in [0.05, 0.1) is 0 Å². The van der Waals surface area contributed by atoms with Gasteiger partial charge in [0, 0.05) is 17.7 Å². The molecule has 3 nitrogen and oxygen atoms in total. The molecule has 0 aromatic heterocycles. The maximum Gasteiger partial charge on any atom is 0.224 e. The van der Waals surface area contributed by atoms with E-state index in [1.807, 2.05) is 6.07 Å². The van der Waals surface area contributed by atoms with Crippen LogP contribution in [0.15, 0.2) is 24.3 Å². The molecule has 3 heteroatoms. The second-order valence-corrected chi connectivity index (χ2v) is 5.39. The molecule has 0 bridgehead atoms. The number of rotatable bonds is 4. The fourth-order valence-electron chi connectivity index (χ4n) is 2.68. The third kappa shape index (κ3) is 4.19. The minimum absolute atomic E-state index is 0.0170. The summed E-state index contributed by atoms with van der Waals surface area (Å²) in [5.41, 5.74) is 1.35. The van der Waals surface area contributed by atoms with Crippen LogP contribution in [-0.2, 0) is 4.79 Å². The molecule has 1 amide bonds. The van der Waals surface area contributed by atoms with Crippen molar-refractivity contribution in [3.8, 4) is 0 Å². The van der Waals surface area contributed by atoms with Gasteiger partial charge in [0.15, 0.2) is 5.78 Å². The van der Waals surface area contributed by atoms with E-state index < -0.39 is 0 Å². The third-order valence-corrected chi connectivity index (χ3v) is 3.75. The predicted octanol–water partition coefficient (Wildman–Crippen LogP) is 3.80. The maximum absolute atomic E-state index is 12.0. The van der Waals surface area contributed by atoms with Crippen molar-refractivity contribution in [3.05, 3.63) is 29.8 Å². The standard InChI is InChI=1S/C16H21NO2/c1-12(18)14-8-5-9-15(11-14)17-16(19)10-13-6-3-2-4-7-13/h5,8-9,11,13H,2-4,6-7,10H2,1H3,(H,17,19). The average molecular weight is 259 g/mol. The quantitative estimate of drug-likeness (QED) is 0.836. The number of amides is 1. The second-order valence-electron chi connectivity index (χ2n) is 5.39. The van der Waals surface area contributed by atoms with Crippen LogP contribution in [0.5, 0.6) is 0 Å². The average Bonchev–Trinajstić information content (AvgIpc) is 2.40. The highest BCUT2D eigenvalue weighted by Gasteiger charge is 2.17.